The molecule has 0 radical (unpaired) electrons. The van der Waals surface area contributed by atoms with E-state index in [2.05, 4.69) is 22.6 Å². The molecule has 1 amide bonds. The van der Waals surface area contributed by atoms with Crippen LogP contribution in [0.1, 0.15) is 15.9 Å². The number of carbonyl (C=O) groups excluding carboxylic acids is 1. The van der Waals surface area contributed by atoms with Crippen LogP contribution in [0.5, 0.6) is 11.5 Å². The van der Waals surface area contributed by atoms with Crippen molar-refractivity contribution in [3.63, 3.8) is 0 Å². The Balaban J connectivity index is 1.72. The van der Waals surface area contributed by atoms with Crippen molar-refractivity contribution < 1.29 is 14.3 Å². The molecule has 0 bridgehead atoms. The second-order valence-electron chi connectivity index (χ2n) is 4.86. The highest BCUT2D eigenvalue weighted by Gasteiger charge is 2.16. The van der Waals surface area contributed by atoms with Crippen molar-refractivity contribution >= 4 is 28.5 Å². The summed E-state index contributed by atoms with van der Waals surface area (Å²) in [6.45, 7) is 0.789. The molecule has 4 nitrogen and oxygen atoms in total. The highest BCUT2D eigenvalue weighted by molar-refractivity contribution is 14.1. The van der Waals surface area contributed by atoms with Crippen molar-refractivity contribution in [1.82, 2.24) is 4.90 Å². The zero-order valence-electron chi connectivity index (χ0n) is 11.5. The molecule has 0 unspecified atom stereocenters. The largest absolute Gasteiger partial charge is 0.454 e. The highest BCUT2D eigenvalue weighted by atomic mass is 127. The van der Waals surface area contributed by atoms with Crippen LogP contribution in [-0.4, -0.2) is 24.6 Å². The molecule has 21 heavy (non-hydrogen) atoms. The van der Waals surface area contributed by atoms with Crippen molar-refractivity contribution in [3.05, 3.63) is 57.2 Å². The summed E-state index contributed by atoms with van der Waals surface area (Å²) in [4.78, 5) is 14.1. The number of hydrogen-bond donors (Lipinski definition) is 0. The quantitative estimate of drug-likeness (QED) is 0.749. The zero-order valence-corrected chi connectivity index (χ0v) is 13.7. The SMILES string of the molecule is CN(Cc1ccc2c(c1)OCO2)C(=O)c1ccc(I)cc1. The maximum Gasteiger partial charge on any atom is 0.253 e. The molecule has 2 aromatic carbocycles. The van der Waals surface area contributed by atoms with Gasteiger partial charge in [0, 0.05) is 22.7 Å². The molecule has 0 fully saturated rings. The van der Waals surface area contributed by atoms with Gasteiger partial charge in [0.1, 0.15) is 0 Å². The number of amides is 1. The number of ether oxygens (including phenoxy) is 2. The Kier molecular flexibility index (Phi) is 4.01. The maximum absolute atomic E-state index is 12.4. The van der Waals surface area contributed by atoms with Crippen molar-refractivity contribution in [3.8, 4) is 11.5 Å². The molecule has 1 aliphatic heterocycles. The fourth-order valence-corrected chi connectivity index (χ4v) is 2.56. The Morgan fingerprint density at radius 1 is 1.14 bits per heavy atom. The van der Waals surface area contributed by atoms with E-state index in [1.54, 1.807) is 11.9 Å². The Morgan fingerprint density at radius 2 is 1.86 bits per heavy atom. The molecule has 108 valence electrons. The number of fused-ring (bicyclic) bond motifs is 1. The predicted molar refractivity (Wildman–Crippen MR) is 87.5 cm³/mol. The first-order valence-corrected chi connectivity index (χ1v) is 7.61. The molecule has 5 heteroatoms. The van der Waals surface area contributed by atoms with Crippen molar-refractivity contribution in [2.75, 3.05) is 13.8 Å². The molecule has 0 aliphatic carbocycles. The fourth-order valence-electron chi connectivity index (χ4n) is 2.20. The van der Waals surface area contributed by atoms with Crippen LogP contribution in [0.15, 0.2) is 42.5 Å². The van der Waals surface area contributed by atoms with Gasteiger partial charge in [-0.2, -0.15) is 0 Å². The molecule has 0 atom stereocenters. The van der Waals surface area contributed by atoms with Crippen molar-refractivity contribution in [2.24, 2.45) is 0 Å². The minimum Gasteiger partial charge on any atom is -0.454 e. The summed E-state index contributed by atoms with van der Waals surface area (Å²) in [6, 6.07) is 13.3. The van der Waals surface area contributed by atoms with E-state index in [1.165, 1.54) is 0 Å². The standard InChI is InChI=1S/C16H14INO3/c1-18(16(19)12-3-5-13(17)6-4-12)9-11-2-7-14-15(8-11)21-10-20-14/h2-8H,9-10H2,1H3. The van der Waals surface area contributed by atoms with E-state index in [-0.39, 0.29) is 12.7 Å². The molecule has 0 N–H and O–H groups in total. The van der Waals surface area contributed by atoms with Crippen LogP contribution in [0.3, 0.4) is 0 Å². The summed E-state index contributed by atoms with van der Waals surface area (Å²) in [6.07, 6.45) is 0. The van der Waals surface area contributed by atoms with Crippen LogP contribution in [0.4, 0.5) is 0 Å². The molecular formula is C16H14INO3. The summed E-state index contributed by atoms with van der Waals surface area (Å²) in [5.41, 5.74) is 1.71. The van der Waals surface area contributed by atoms with E-state index >= 15 is 0 Å². The van der Waals surface area contributed by atoms with Gasteiger partial charge in [-0.3, -0.25) is 4.79 Å². The van der Waals surface area contributed by atoms with Gasteiger partial charge >= 0.3 is 0 Å². The second kappa shape index (κ2) is 5.93. The minimum atomic E-state index is 0.00377. The highest BCUT2D eigenvalue weighted by Crippen LogP contribution is 2.32. The first-order valence-electron chi connectivity index (χ1n) is 6.53. The van der Waals surface area contributed by atoms with Crippen LogP contribution in [0.25, 0.3) is 0 Å². The Morgan fingerprint density at radius 3 is 2.62 bits per heavy atom. The number of nitrogens with zero attached hydrogens (tertiary/aromatic N) is 1. The van der Waals surface area contributed by atoms with E-state index < -0.39 is 0 Å². The van der Waals surface area contributed by atoms with E-state index in [1.807, 2.05) is 42.5 Å². The lowest BCUT2D eigenvalue weighted by molar-refractivity contribution is 0.0785. The van der Waals surface area contributed by atoms with E-state index in [0.717, 1.165) is 20.6 Å². The van der Waals surface area contributed by atoms with Gasteiger partial charge in [-0.1, -0.05) is 6.07 Å². The van der Waals surface area contributed by atoms with E-state index in [4.69, 9.17) is 9.47 Å². The smallest absolute Gasteiger partial charge is 0.253 e. The van der Waals surface area contributed by atoms with Crippen LogP contribution in [-0.2, 0) is 6.54 Å². The number of benzene rings is 2. The van der Waals surface area contributed by atoms with E-state index in [0.29, 0.717) is 12.1 Å². The first kappa shape index (κ1) is 14.2. The topological polar surface area (TPSA) is 38.8 Å². The van der Waals surface area contributed by atoms with Crippen LogP contribution >= 0.6 is 22.6 Å². The van der Waals surface area contributed by atoms with E-state index in [9.17, 15) is 4.79 Å². The lowest BCUT2D eigenvalue weighted by Crippen LogP contribution is -2.26. The van der Waals surface area contributed by atoms with Gasteiger partial charge < -0.3 is 14.4 Å². The summed E-state index contributed by atoms with van der Waals surface area (Å²) in [5, 5.41) is 0. The fraction of sp³-hybridized carbons (Fsp3) is 0.188. The summed E-state index contributed by atoms with van der Waals surface area (Å²) in [5.74, 6) is 1.50. The summed E-state index contributed by atoms with van der Waals surface area (Å²) >= 11 is 2.22. The van der Waals surface area contributed by atoms with Gasteiger partial charge in [-0.05, 0) is 64.6 Å². The molecule has 1 aliphatic rings. The second-order valence-corrected chi connectivity index (χ2v) is 6.10. The van der Waals surface area contributed by atoms with Crippen LogP contribution in [0, 0.1) is 3.57 Å². The third-order valence-corrected chi connectivity index (χ3v) is 4.01. The van der Waals surface area contributed by atoms with Gasteiger partial charge in [-0.25, -0.2) is 0 Å². The number of carbonyl (C=O) groups is 1. The lowest BCUT2D eigenvalue weighted by atomic mass is 10.1. The number of rotatable bonds is 3. The Hall–Kier alpha value is -1.76. The average Bonchev–Trinajstić information content (AvgIpc) is 2.95. The zero-order chi connectivity index (χ0) is 14.8. The molecule has 0 aromatic heterocycles. The van der Waals surface area contributed by atoms with Gasteiger partial charge in [0.15, 0.2) is 11.5 Å². The van der Waals surface area contributed by atoms with Crippen LogP contribution < -0.4 is 9.47 Å². The molecule has 2 aromatic rings. The van der Waals surface area contributed by atoms with Crippen LogP contribution in [0.2, 0.25) is 0 Å². The van der Waals surface area contributed by atoms with Crippen molar-refractivity contribution in [1.29, 1.82) is 0 Å². The normalized spacial score (nSPS) is 12.3. The molecular weight excluding hydrogens is 381 g/mol. The maximum atomic E-state index is 12.4. The van der Waals surface area contributed by atoms with Gasteiger partial charge in [0.05, 0.1) is 0 Å². The monoisotopic (exact) mass is 395 g/mol. The predicted octanol–water partition coefficient (Wildman–Crippen LogP) is 3.29. The number of halogens is 1. The van der Waals surface area contributed by atoms with Gasteiger partial charge in [0.25, 0.3) is 5.91 Å². The molecule has 3 rings (SSSR count). The van der Waals surface area contributed by atoms with Gasteiger partial charge in [-0.15, -0.1) is 0 Å². The molecule has 0 saturated heterocycles. The average molecular weight is 395 g/mol. The summed E-state index contributed by atoms with van der Waals surface area (Å²) in [7, 11) is 1.80. The molecule has 1 heterocycles. The third kappa shape index (κ3) is 3.12. The molecule has 0 spiro atoms. The molecule has 0 saturated carbocycles. The minimum absolute atomic E-state index is 0.00377. The first-order chi connectivity index (χ1) is 10.1. The Labute approximate surface area is 136 Å². The summed E-state index contributed by atoms with van der Waals surface area (Å²) < 4.78 is 11.7. The number of hydrogen-bond acceptors (Lipinski definition) is 3. The van der Waals surface area contributed by atoms with Gasteiger partial charge in [0.2, 0.25) is 6.79 Å². The van der Waals surface area contributed by atoms with Crippen molar-refractivity contribution in [2.45, 2.75) is 6.54 Å². The lowest BCUT2D eigenvalue weighted by Gasteiger charge is -2.17. The third-order valence-electron chi connectivity index (χ3n) is 3.29. The Bertz CT molecular complexity index is 670.